The molecule has 3 rings (SSSR count). The molecule has 0 aliphatic carbocycles. The Bertz CT molecular complexity index is 882. The van der Waals surface area contributed by atoms with Gasteiger partial charge in [-0.1, -0.05) is 30.3 Å². The Balaban J connectivity index is 2.10. The summed E-state index contributed by atoms with van der Waals surface area (Å²) >= 11 is 0. The Morgan fingerprint density at radius 1 is 1.11 bits per heavy atom. The number of rotatable bonds is 6. The molecule has 0 bridgehead atoms. The highest BCUT2D eigenvalue weighted by molar-refractivity contribution is 6.19. The number of Topliss-reactive ketones (excluding diaryl/α,β-unsaturated/α-hetero) is 1. The van der Waals surface area contributed by atoms with Gasteiger partial charge in [-0.05, 0) is 63.7 Å². The molecule has 1 aliphatic heterocycles. The molecule has 2 aromatic carbocycles. The summed E-state index contributed by atoms with van der Waals surface area (Å²) < 4.78 is 0. The molecule has 146 valence electrons. The van der Waals surface area contributed by atoms with Crippen molar-refractivity contribution in [1.82, 2.24) is 10.2 Å². The molecule has 0 saturated carbocycles. The lowest BCUT2D eigenvalue weighted by atomic mass is 9.95. The number of nitrogens with two attached hydrogens (primary N) is 1. The van der Waals surface area contributed by atoms with Crippen molar-refractivity contribution in [2.75, 3.05) is 25.9 Å². The lowest BCUT2D eigenvalue weighted by molar-refractivity contribution is -0.103. The van der Waals surface area contributed by atoms with E-state index < -0.39 is 0 Å². The summed E-state index contributed by atoms with van der Waals surface area (Å²) in [5, 5.41) is 3.60. The van der Waals surface area contributed by atoms with Crippen molar-refractivity contribution in [2.45, 2.75) is 25.8 Å². The molecule has 28 heavy (non-hydrogen) atoms. The van der Waals surface area contributed by atoms with Crippen molar-refractivity contribution < 1.29 is 9.59 Å². The number of carbonyl (C=O) groups excluding carboxylic acids is 2. The fourth-order valence-corrected chi connectivity index (χ4v) is 3.54. The number of hydrogen-bond acceptors (Lipinski definition) is 5. The van der Waals surface area contributed by atoms with Gasteiger partial charge in [-0.25, -0.2) is 0 Å². The van der Waals surface area contributed by atoms with E-state index in [1.54, 1.807) is 18.2 Å². The van der Waals surface area contributed by atoms with E-state index in [0.717, 1.165) is 43.5 Å². The zero-order valence-electron chi connectivity index (χ0n) is 16.4. The molecule has 0 spiro atoms. The van der Waals surface area contributed by atoms with E-state index in [9.17, 15) is 9.59 Å². The lowest BCUT2D eigenvalue weighted by Crippen LogP contribution is -2.40. The van der Waals surface area contributed by atoms with Crippen LogP contribution in [0.4, 0.5) is 5.69 Å². The van der Waals surface area contributed by atoms with Crippen LogP contribution >= 0.6 is 0 Å². The van der Waals surface area contributed by atoms with Gasteiger partial charge in [0.25, 0.3) is 0 Å². The molecule has 2 aromatic rings. The summed E-state index contributed by atoms with van der Waals surface area (Å²) in [7, 11) is 2.12. The van der Waals surface area contributed by atoms with E-state index in [1.807, 2.05) is 30.3 Å². The molecule has 0 aromatic heterocycles. The Morgan fingerprint density at radius 3 is 2.39 bits per heavy atom. The first-order valence-corrected chi connectivity index (χ1v) is 9.60. The highest BCUT2D eigenvalue weighted by Gasteiger charge is 2.21. The molecule has 1 heterocycles. The maximum absolute atomic E-state index is 12.2. The van der Waals surface area contributed by atoms with Gasteiger partial charge in [-0.3, -0.25) is 9.59 Å². The molecular formula is C23H27N3O2. The smallest absolute Gasteiger partial charge is 0.159 e. The minimum Gasteiger partial charge on any atom is -0.398 e. The molecule has 0 radical (unpaired) electrons. The highest BCUT2D eigenvalue weighted by atomic mass is 16.1. The van der Waals surface area contributed by atoms with Gasteiger partial charge in [0.05, 0.1) is 5.70 Å². The first-order valence-electron chi connectivity index (χ1n) is 9.60. The SMILES string of the molecule is CC(=O)c1ccc(N)c(/C(C=O)=C(/NC2CCN(C)CC2)c2ccccc2)c1. The van der Waals surface area contributed by atoms with Gasteiger partial charge in [-0.2, -0.15) is 0 Å². The second-order valence-corrected chi connectivity index (χ2v) is 7.35. The maximum Gasteiger partial charge on any atom is 0.159 e. The fourth-order valence-electron chi connectivity index (χ4n) is 3.54. The minimum atomic E-state index is -0.0592. The first kappa shape index (κ1) is 19.8. The molecule has 1 fully saturated rings. The van der Waals surface area contributed by atoms with Crippen LogP contribution in [-0.2, 0) is 4.79 Å². The number of nitrogens with zero attached hydrogens (tertiary/aromatic N) is 1. The van der Waals surface area contributed by atoms with Crippen LogP contribution in [-0.4, -0.2) is 43.1 Å². The van der Waals surface area contributed by atoms with Crippen molar-refractivity contribution in [3.8, 4) is 0 Å². The summed E-state index contributed by atoms with van der Waals surface area (Å²) in [4.78, 5) is 26.3. The second-order valence-electron chi connectivity index (χ2n) is 7.35. The Hall–Kier alpha value is -2.92. The third-order valence-corrected chi connectivity index (χ3v) is 5.27. The largest absolute Gasteiger partial charge is 0.398 e. The number of carbonyl (C=O) groups is 2. The number of nitrogens with one attached hydrogen (secondary N) is 1. The Morgan fingerprint density at radius 2 is 1.79 bits per heavy atom. The van der Waals surface area contributed by atoms with E-state index in [-0.39, 0.29) is 11.8 Å². The second kappa shape index (κ2) is 8.85. The van der Waals surface area contributed by atoms with Crippen LogP contribution in [0.1, 0.15) is 41.3 Å². The number of aldehydes is 1. The third kappa shape index (κ3) is 4.49. The van der Waals surface area contributed by atoms with Crippen molar-refractivity contribution in [3.05, 3.63) is 65.2 Å². The summed E-state index contributed by atoms with van der Waals surface area (Å²) in [6.07, 6.45) is 2.84. The average molecular weight is 377 g/mol. The molecule has 5 heteroatoms. The van der Waals surface area contributed by atoms with Crippen molar-refractivity contribution in [2.24, 2.45) is 0 Å². The van der Waals surface area contributed by atoms with E-state index in [2.05, 4.69) is 17.3 Å². The number of anilines is 1. The van der Waals surface area contributed by atoms with Gasteiger partial charge in [0, 0.05) is 28.4 Å². The number of hydrogen-bond donors (Lipinski definition) is 2. The highest BCUT2D eigenvalue weighted by Crippen LogP contribution is 2.29. The Labute approximate surface area is 166 Å². The number of nitrogen functional groups attached to an aromatic ring is 1. The maximum atomic E-state index is 12.2. The van der Waals surface area contributed by atoms with Gasteiger partial charge >= 0.3 is 0 Å². The molecule has 5 nitrogen and oxygen atoms in total. The predicted molar refractivity (Wildman–Crippen MR) is 114 cm³/mol. The van der Waals surface area contributed by atoms with Crippen LogP contribution in [0, 0.1) is 0 Å². The van der Waals surface area contributed by atoms with Gasteiger partial charge in [0.15, 0.2) is 12.1 Å². The topological polar surface area (TPSA) is 75.4 Å². The number of allylic oxidation sites excluding steroid dienone is 1. The quantitative estimate of drug-likeness (QED) is 0.266. The van der Waals surface area contributed by atoms with Crippen molar-refractivity contribution >= 4 is 29.0 Å². The van der Waals surface area contributed by atoms with Crippen molar-refractivity contribution in [1.29, 1.82) is 0 Å². The number of ketones is 1. The molecule has 0 atom stereocenters. The summed E-state index contributed by atoms with van der Waals surface area (Å²) in [5.74, 6) is -0.0592. The van der Waals surface area contributed by atoms with Crippen LogP contribution < -0.4 is 11.1 Å². The number of benzene rings is 2. The molecule has 0 unspecified atom stereocenters. The van der Waals surface area contributed by atoms with Gasteiger partial charge in [0.1, 0.15) is 0 Å². The van der Waals surface area contributed by atoms with Crippen LogP contribution in [0.15, 0.2) is 48.5 Å². The zero-order valence-corrected chi connectivity index (χ0v) is 16.4. The molecule has 1 saturated heterocycles. The predicted octanol–water partition coefficient (Wildman–Crippen LogP) is 3.22. The van der Waals surface area contributed by atoms with E-state index in [4.69, 9.17) is 5.73 Å². The molecule has 1 aliphatic rings. The zero-order chi connectivity index (χ0) is 20.1. The minimum absolute atomic E-state index is 0.0592. The average Bonchev–Trinajstić information content (AvgIpc) is 2.71. The number of piperidine rings is 1. The summed E-state index contributed by atoms with van der Waals surface area (Å²) in [5.41, 5.74) is 9.96. The van der Waals surface area contributed by atoms with E-state index in [0.29, 0.717) is 22.4 Å². The molecule has 0 amide bonds. The first-order chi connectivity index (χ1) is 13.5. The monoisotopic (exact) mass is 377 g/mol. The van der Waals surface area contributed by atoms with Crippen LogP contribution in [0.2, 0.25) is 0 Å². The fraction of sp³-hybridized carbons (Fsp3) is 0.304. The lowest BCUT2D eigenvalue weighted by Gasteiger charge is -2.31. The van der Waals surface area contributed by atoms with Crippen molar-refractivity contribution in [3.63, 3.8) is 0 Å². The Kier molecular flexibility index (Phi) is 6.26. The van der Waals surface area contributed by atoms with Gasteiger partial charge in [-0.15, -0.1) is 0 Å². The number of likely N-dealkylation sites (tertiary alicyclic amines) is 1. The third-order valence-electron chi connectivity index (χ3n) is 5.27. The standard InChI is InChI=1S/C23H27N3O2/c1-16(28)18-8-9-22(24)20(14-18)21(15-27)23(17-6-4-3-5-7-17)25-19-10-12-26(2)13-11-19/h3-9,14-15,19,25H,10-13,24H2,1-2H3/b23-21+. The van der Waals surface area contributed by atoms with Crippen LogP contribution in [0.3, 0.4) is 0 Å². The van der Waals surface area contributed by atoms with E-state index >= 15 is 0 Å². The normalized spacial score (nSPS) is 16.4. The van der Waals surface area contributed by atoms with E-state index in [1.165, 1.54) is 6.92 Å². The van der Waals surface area contributed by atoms with Crippen LogP contribution in [0.25, 0.3) is 11.3 Å². The summed E-state index contributed by atoms with van der Waals surface area (Å²) in [6.45, 7) is 3.53. The van der Waals surface area contributed by atoms with Crippen LogP contribution in [0.5, 0.6) is 0 Å². The molecular weight excluding hydrogens is 350 g/mol. The summed E-state index contributed by atoms with van der Waals surface area (Å²) in [6, 6.07) is 15.2. The molecule has 3 N–H and O–H groups in total. The van der Waals surface area contributed by atoms with Gasteiger partial charge in [0.2, 0.25) is 0 Å². The van der Waals surface area contributed by atoms with Gasteiger partial charge < -0.3 is 16.0 Å².